The van der Waals surface area contributed by atoms with Gasteiger partial charge in [0.1, 0.15) is 17.5 Å². The van der Waals surface area contributed by atoms with Gasteiger partial charge in [-0.05, 0) is 30.7 Å². The molecule has 0 aromatic carbocycles. The average molecular weight is 357 g/mol. The molecule has 10 heteroatoms. The van der Waals surface area contributed by atoms with Crippen molar-refractivity contribution in [1.29, 1.82) is 0 Å². The second-order valence-electron chi connectivity index (χ2n) is 5.76. The van der Waals surface area contributed by atoms with Gasteiger partial charge in [-0.2, -0.15) is 0 Å². The first-order valence-electron chi connectivity index (χ1n) is 7.39. The summed E-state index contributed by atoms with van der Waals surface area (Å²) in [6.45, 7) is 1.65. The van der Waals surface area contributed by atoms with Crippen LogP contribution in [0.4, 0.5) is 0 Å². The molecule has 1 saturated heterocycles. The van der Waals surface area contributed by atoms with E-state index >= 15 is 0 Å². The molecule has 0 spiro atoms. The van der Waals surface area contributed by atoms with E-state index in [0.717, 1.165) is 0 Å². The van der Waals surface area contributed by atoms with Gasteiger partial charge in [0.05, 0.1) is 0 Å². The molecular weight excluding hydrogens is 338 g/mol. The molecule has 24 heavy (non-hydrogen) atoms. The summed E-state index contributed by atoms with van der Waals surface area (Å²) in [5, 5.41) is 21.7. The van der Waals surface area contributed by atoms with E-state index in [1.54, 1.807) is 12.3 Å². The Hall–Kier alpha value is -2.07. The molecule has 4 atom stereocenters. The summed E-state index contributed by atoms with van der Waals surface area (Å²) in [6.07, 6.45) is 0.507. The number of hydrogen-bond donors (Lipinski definition) is 4. The quantitative estimate of drug-likeness (QED) is 0.438. The zero-order chi connectivity index (χ0) is 18.0. The molecule has 9 nitrogen and oxygen atoms in total. The molecule has 5 N–H and O–H groups in total. The van der Waals surface area contributed by atoms with Gasteiger partial charge in [0, 0.05) is 6.42 Å². The smallest absolute Gasteiger partial charge is 0.330 e. The number of thioether (sulfide) groups is 1. The van der Waals surface area contributed by atoms with Gasteiger partial charge in [0.2, 0.25) is 11.8 Å². The molecule has 2 amide bonds. The molecular formula is C14H19N3O6S. The molecule has 3 unspecified atom stereocenters. The maximum atomic E-state index is 12.2. The number of carboxylic acids is 2. The third-order valence-corrected chi connectivity index (χ3v) is 5.26. The van der Waals surface area contributed by atoms with Gasteiger partial charge >= 0.3 is 11.9 Å². The predicted octanol–water partition coefficient (Wildman–Crippen LogP) is -0.674. The minimum Gasteiger partial charge on any atom is -0.480 e. The van der Waals surface area contributed by atoms with Crippen LogP contribution in [0.1, 0.15) is 26.2 Å². The Bertz CT molecular complexity index is 607. The van der Waals surface area contributed by atoms with Gasteiger partial charge in [0.25, 0.3) is 0 Å². The number of carboxylic acid groups (broad SMARTS) is 2. The van der Waals surface area contributed by atoms with Crippen molar-refractivity contribution in [2.45, 2.75) is 49.7 Å². The van der Waals surface area contributed by atoms with Crippen LogP contribution < -0.4 is 11.1 Å². The maximum Gasteiger partial charge on any atom is 0.330 e. The number of β-lactam (4-membered cyclic amide) rings is 1. The molecule has 0 aromatic heterocycles. The maximum absolute atomic E-state index is 12.2. The number of rotatable bonds is 7. The van der Waals surface area contributed by atoms with Crippen molar-refractivity contribution in [1.82, 2.24) is 10.2 Å². The van der Waals surface area contributed by atoms with Crippen LogP contribution in [-0.4, -0.2) is 62.4 Å². The van der Waals surface area contributed by atoms with Crippen molar-refractivity contribution in [3.63, 3.8) is 0 Å². The molecule has 1 fully saturated rings. The van der Waals surface area contributed by atoms with Gasteiger partial charge in [0.15, 0.2) is 6.04 Å². The summed E-state index contributed by atoms with van der Waals surface area (Å²) in [5.74, 6) is -3.04. The second-order valence-corrected chi connectivity index (χ2v) is 6.75. The third kappa shape index (κ3) is 3.54. The van der Waals surface area contributed by atoms with E-state index in [2.05, 4.69) is 5.32 Å². The molecule has 0 saturated carbocycles. The van der Waals surface area contributed by atoms with Crippen LogP contribution in [0.15, 0.2) is 11.0 Å². The highest BCUT2D eigenvalue weighted by Gasteiger charge is 2.55. The Morgan fingerprint density at radius 2 is 2.08 bits per heavy atom. The summed E-state index contributed by atoms with van der Waals surface area (Å²) >= 11 is 1.30. The standard InChI is InChI=1S/C14H19N3O6S/c1-6-5-24-12-9(11(19)17(12)10(6)14(22)23)16-8(18)4-2-3-7(15)13(20)21/h5,7,9-10,12H,2-4,15H2,1H3,(H,16,18)(H,20,21)(H,22,23)/t7?,9?,10?,12-/m0/s1. The van der Waals surface area contributed by atoms with Crippen LogP contribution in [-0.2, 0) is 19.2 Å². The summed E-state index contributed by atoms with van der Waals surface area (Å²) in [5.41, 5.74) is 5.92. The number of aliphatic carboxylic acids is 2. The monoisotopic (exact) mass is 357 g/mol. The van der Waals surface area contributed by atoms with Crippen molar-refractivity contribution >= 4 is 35.5 Å². The van der Waals surface area contributed by atoms with E-state index in [-0.39, 0.29) is 18.7 Å². The number of nitrogens with one attached hydrogen (secondary N) is 1. The Balaban J connectivity index is 1.87. The van der Waals surface area contributed by atoms with E-state index in [1.807, 2.05) is 0 Å². The van der Waals surface area contributed by atoms with Gasteiger partial charge in [-0.1, -0.05) is 0 Å². The van der Waals surface area contributed by atoms with E-state index < -0.39 is 41.3 Å². The van der Waals surface area contributed by atoms with E-state index in [4.69, 9.17) is 10.8 Å². The molecule has 2 aliphatic rings. The Morgan fingerprint density at radius 1 is 1.42 bits per heavy atom. The lowest BCUT2D eigenvalue weighted by Crippen LogP contribution is -2.73. The predicted molar refractivity (Wildman–Crippen MR) is 84.8 cm³/mol. The Kier molecular flexibility index (Phi) is 5.50. The fourth-order valence-electron chi connectivity index (χ4n) is 2.66. The molecule has 2 rings (SSSR count). The molecule has 0 aliphatic carbocycles. The van der Waals surface area contributed by atoms with Gasteiger partial charge in [-0.25, -0.2) is 4.79 Å². The molecule has 0 radical (unpaired) electrons. The van der Waals surface area contributed by atoms with Crippen molar-refractivity contribution in [3.8, 4) is 0 Å². The van der Waals surface area contributed by atoms with Crippen molar-refractivity contribution in [2.24, 2.45) is 5.73 Å². The first kappa shape index (κ1) is 18.3. The minimum absolute atomic E-state index is 0.0549. The summed E-state index contributed by atoms with van der Waals surface area (Å²) in [4.78, 5) is 47.2. The van der Waals surface area contributed by atoms with Crippen molar-refractivity contribution in [3.05, 3.63) is 11.0 Å². The van der Waals surface area contributed by atoms with Gasteiger partial charge < -0.3 is 26.2 Å². The van der Waals surface area contributed by atoms with Crippen LogP contribution in [0.3, 0.4) is 0 Å². The molecule has 0 bridgehead atoms. The first-order valence-corrected chi connectivity index (χ1v) is 8.33. The Morgan fingerprint density at radius 3 is 2.67 bits per heavy atom. The van der Waals surface area contributed by atoms with Crippen LogP contribution in [0, 0.1) is 0 Å². The summed E-state index contributed by atoms with van der Waals surface area (Å²) in [6, 6.07) is -2.77. The van der Waals surface area contributed by atoms with Crippen LogP contribution in [0.2, 0.25) is 0 Å². The lowest BCUT2D eigenvalue weighted by molar-refractivity contribution is -0.160. The highest BCUT2D eigenvalue weighted by Crippen LogP contribution is 2.39. The fourth-order valence-corrected chi connectivity index (χ4v) is 3.85. The summed E-state index contributed by atoms with van der Waals surface area (Å²) < 4.78 is 0. The Labute approximate surface area is 142 Å². The zero-order valence-corrected chi connectivity index (χ0v) is 13.8. The lowest BCUT2D eigenvalue weighted by atomic mass is 9.98. The zero-order valence-electron chi connectivity index (χ0n) is 13.0. The minimum atomic E-state index is -1.12. The molecule has 2 heterocycles. The number of amides is 2. The number of nitrogens with two attached hydrogens (primary N) is 1. The number of nitrogens with zero attached hydrogens (tertiary/aromatic N) is 1. The van der Waals surface area contributed by atoms with E-state index in [0.29, 0.717) is 12.0 Å². The molecule has 2 aliphatic heterocycles. The SMILES string of the molecule is CC1=CS[C@H]2C(NC(=O)CCCC(N)C(=O)O)C(=O)N2C1C(=O)O. The lowest BCUT2D eigenvalue weighted by Gasteiger charge is -2.51. The second kappa shape index (κ2) is 7.22. The summed E-state index contributed by atoms with van der Waals surface area (Å²) in [7, 11) is 0. The van der Waals surface area contributed by atoms with Crippen molar-refractivity contribution < 1.29 is 29.4 Å². The van der Waals surface area contributed by atoms with Crippen molar-refractivity contribution in [2.75, 3.05) is 0 Å². The molecule has 132 valence electrons. The van der Waals surface area contributed by atoms with Crippen LogP contribution in [0.5, 0.6) is 0 Å². The molecule has 0 aromatic rings. The fraction of sp³-hybridized carbons (Fsp3) is 0.571. The van der Waals surface area contributed by atoms with E-state index in [1.165, 1.54) is 16.7 Å². The highest BCUT2D eigenvalue weighted by molar-refractivity contribution is 8.02. The van der Waals surface area contributed by atoms with Crippen LogP contribution in [0.25, 0.3) is 0 Å². The highest BCUT2D eigenvalue weighted by atomic mass is 32.2. The number of carbonyl (C=O) groups is 4. The first-order chi connectivity index (χ1) is 11.2. The van der Waals surface area contributed by atoms with E-state index in [9.17, 15) is 24.3 Å². The topological polar surface area (TPSA) is 150 Å². The number of carbonyl (C=O) groups excluding carboxylic acids is 2. The van der Waals surface area contributed by atoms with Gasteiger partial charge in [-0.3, -0.25) is 14.4 Å². The normalized spacial score (nSPS) is 26.8. The number of fused-ring (bicyclic) bond motifs is 1. The largest absolute Gasteiger partial charge is 0.480 e. The number of hydrogen-bond acceptors (Lipinski definition) is 6. The van der Waals surface area contributed by atoms with Gasteiger partial charge in [-0.15, -0.1) is 11.8 Å². The van der Waals surface area contributed by atoms with Crippen LogP contribution >= 0.6 is 11.8 Å². The third-order valence-electron chi connectivity index (χ3n) is 3.97. The average Bonchev–Trinajstić information content (AvgIpc) is 2.51.